The first kappa shape index (κ1) is 11.4. The third-order valence-electron chi connectivity index (χ3n) is 3.31. The molecule has 1 N–H and O–H groups in total. The van der Waals surface area contributed by atoms with Gasteiger partial charge in [-0.25, -0.2) is 0 Å². The zero-order valence-electron chi connectivity index (χ0n) is 10.1. The topological polar surface area (TPSA) is 30.5 Å². The first-order valence-electron chi connectivity index (χ1n) is 6.08. The van der Waals surface area contributed by atoms with E-state index in [4.69, 9.17) is 9.47 Å². The van der Waals surface area contributed by atoms with E-state index in [1.807, 2.05) is 0 Å². The molecule has 0 aromatic heterocycles. The van der Waals surface area contributed by atoms with Gasteiger partial charge in [0.15, 0.2) is 0 Å². The van der Waals surface area contributed by atoms with Crippen molar-refractivity contribution in [3.8, 4) is 0 Å². The molecule has 2 saturated heterocycles. The van der Waals surface area contributed by atoms with Crippen LogP contribution in [0, 0.1) is 5.92 Å². The molecule has 15 heavy (non-hydrogen) atoms. The minimum atomic E-state index is 0.0205. The molecular formula is C12H23NO2. The van der Waals surface area contributed by atoms with Gasteiger partial charge in [0, 0.05) is 13.2 Å². The first-order chi connectivity index (χ1) is 7.09. The molecule has 0 amide bonds. The molecule has 0 aliphatic carbocycles. The lowest BCUT2D eigenvalue weighted by Gasteiger charge is -2.46. The Morgan fingerprint density at radius 2 is 2.27 bits per heavy atom. The van der Waals surface area contributed by atoms with Crippen LogP contribution in [0.3, 0.4) is 0 Å². The molecule has 2 aliphatic rings. The zero-order chi connectivity index (χ0) is 10.9. The van der Waals surface area contributed by atoms with Crippen molar-refractivity contribution in [3.05, 3.63) is 0 Å². The van der Waals surface area contributed by atoms with Crippen molar-refractivity contribution in [2.75, 3.05) is 19.8 Å². The van der Waals surface area contributed by atoms with E-state index in [-0.39, 0.29) is 5.60 Å². The zero-order valence-corrected chi connectivity index (χ0v) is 10.1. The Hall–Kier alpha value is -0.120. The number of fused-ring (bicyclic) bond motifs is 1. The smallest absolute Gasteiger partial charge is 0.0785 e. The van der Waals surface area contributed by atoms with Crippen LogP contribution in [0.2, 0.25) is 0 Å². The van der Waals surface area contributed by atoms with Crippen molar-refractivity contribution in [2.24, 2.45) is 5.92 Å². The molecule has 0 saturated carbocycles. The largest absolute Gasteiger partial charge is 0.380 e. The van der Waals surface area contributed by atoms with Crippen molar-refractivity contribution in [3.63, 3.8) is 0 Å². The summed E-state index contributed by atoms with van der Waals surface area (Å²) in [5.74, 6) is 0.688. The van der Waals surface area contributed by atoms with Crippen LogP contribution in [-0.4, -0.2) is 37.5 Å². The minimum absolute atomic E-state index is 0.0205. The summed E-state index contributed by atoms with van der Waals surface area (Å²) in [6.45, 7) is 9.35. The molecule has 0 aromatic rings. The van der Waals surface area contributed by atoms with E-state index in [2.05, 4.69) is 26.1 Å². The Kier molecular flexibility index (Phi) is 3.33. The first-order valence-corrected chi connectivity index (χ1v) is 6.08. The van der Waals surface area contributed by atoms with Gasteiger partial charge in [0.05, 0.1) is 24.4 Å². The Balaban J connectivity index is 1.95. The lowest BCUT2D eigenvalue weighted by atomic mass is 9.90. The van der Waals surface area contributed by atoms with Crippen LogP contribution in [0.5, 0.6) is 0 Å². The summed E-state index contributed by atoms with van der Waals surface area (Å²) < 4.78 is 11.7. The summed E-state index contributed by atoms with van der Waals surface area (Å²) in [5.41, 5.74) is 0.0205. The average molecular weight is 213 g/mol. The summed E-state index contributed by atoms with van der Waals surface area (Å²) >= 11 is 0. The minimum Gasteiger partial charge on any atom is -0.380 e. The summed E-state index contributed by atoms with van der Waals surface area (Å²) in [6, 6.07) is 0.416. The molecule has 3 unspecified atom stereocenters. The van der Waals surface area contributed by atoms with Gasteiger partial charge in [-0.05, 0) is 25.7 Å². The van der Waals surface area contributed by atoms with Crippen LogP contribution in [-0.2, 0) is 9.47 Å². The number of ether oxygens (including phenoxy) is 2. The normalized spacial score (nSPS) is 41.6. The Morgan fingerprint density at radius 3 is 3.00 bits per heavy atom. The van der Waals surface area contributed by atoms with Crippen molar-refractivity contribution in [2.45, 2.75) is 51.4 Å². The molecular weight excluding hydrogens is 190 g/mol. The molecule has 0 spiro atoms. The molecule has 0 aromatic carbocycles. The fraction of sp³-hybridized carbons (Fsp3) is 1.00. The highest BCUT2D eigenvalue weighted by Gasteiger charge is 2.39. The number of rotatable bonds is 2. The number of nitrogens with one attached hydrogen (secondary N) is 1. The highest BCUT2D eigenvalue weighted by atomic mass is 16.5. The summed E-state index contributed by atoms with van der Waals surface area (Å²) in [5, 5.41) is 3.57. The lowest BCUT2D eigenvalue weighted by Crippen LogP contribution is -2.61. The second kappa shape index (κ2) is 4.40. The molecule has 3 atom stereocenters. The van der Waals surface area contributed by atoms with Gasteiger partial charge in [0.2, 0.25) is 0 Å². The second-order valence-electron chi connectivity index (χ2n) is 5.56. The molecule has 3 heteroatoms. The van der Waals surface area contributed by atoms with Crippen LogP contribution in [0.1, 0.15) is 33.6 Å². The second-order valence-corrected chi connectivity index (χ2v) is 5.56. The van der Waals surface area contributed by atoms with Gasteiger partial charge in [-0.1, -0.05) is 13.8 Å². The maximum atomic E-state index is 6.25. The lowest BCUT2D eigenvalue weighted by molar-refractivity contribution is -0.166. The Bertz CT molecular complexity index is 220. The monoisotopic (exact) mass is 213 g/mol. The molecule has 3 nitrogen and oxygen atoms in total. The van der Waals surface area contributed by atoms with Gasteiger partial charge in [0.1, 0.15) is 0 Å². The fourth-order valence-electron chi connectivity index (χ4n) is 2.79. The van der Waals surface area contributed by atoms with E-state index in [0.29, 0.717) is 18.1 Å². The van der Waals surface area contributed by atoms with Gasteiger partial charge in [-0.15, -0.1) is 0 Å². The highest BCUT2D eigenvalue weighted by molar-refractivity contribution is 4.93. The molecule has 2 rings (SSSR count). The van der Waals surface area contributed by atoms with E-state index >= 15 is 0 Å². The third kappa shape index (κ3) is 2.71. The van der Waals surface area contributed by atoms with Crippen molar-refractivity contribution in [1.82, 2.24) is 5.32 Å². The highest BCUT2D eigenvalue weighted by Crippen LogP contribution is 2.29. The molecule has 2 heterocycles. The van der Waals surface area contributed by atoms with E-state index in [1.54, 1.807) is 0 Å². The van der Waals surface area contributed by atoms with Crippen molar-refractivity contribution >= 4 is 0 Å². The van der Waals surface area contributed by atoms with Crippen LogP contribution >= 0.6 is 0 Å². The van der Waals surface area contributed by atoms with Gasteiger partial charge < -0.3 is 14.8 Å². The summed E-state index contributed by atoms with van der Waals surface area (Å²) in [6.07, 6.45) is 2.52. The quantitative estimate of drug-likeness (QED) is 0.755. The standard InChI is InChI=1S/C12H23NO2/c1-9(2)6-12(3)8-13-10-7-14-5-4-11(10)15-12/h9-11,13H,4-8H2,1-3H3. The van der Waals surface area contributed by atoms with E-state index in [1.165, 1.54) is 0 Å². The molecule has 88 valence electrons. The number of hydrogen-bond donors (Lipinski definition) is 1. The van der Waals surface area contributed by atoms with Gasteiger partial charge in [-0.3, -0.25) is 0 Å². The predicted molar refractivity (Wildman–Crippen MR) is 60.0 cm³/mol. The third-order valence-corrected chi connectivity index (χ3v) is 3.31. The Labute approximate surface area is 92.5 Å². The fourth-order valence-corrected chi connectivity index (χ4v) is 2.79. The van der Waals surface area contributed by atoms with Crippen molar-refractivity contribution in [1.29, 1.82) is 0 Å². The van der Waals surface area contributed by atoms with Crippen LogP contribution in [0.15, 0.2) is 0 Å². The summed E-state index contributed by atoms with van der Waals surface area (Å²) in [4.78, 5) is 0. The van der Waals surface area contributed by atoms with Gasteiger partial charge in [-0.2, -0.15) is 0 Å². The van der Waals surface area contributed by atoms with Crippen molar-refractivity contribution < 1.29 is 9.47 Å². The molecule has 0 bridgehead atoms. The van der Waals surface area contributed by atoms with Gasteiger partial charge >= 0.3 is 0 Å². The summed E-state index contributed by atoms with van der Waals surface area (Å²) in [7, 11) is 0. The maximum Gasteiger partial charge on any atom is 0.0785 e. The Morgan fingerprint density at radius 1 is 1.47 bits per heavy atom. The molecule has 0 radical (unpaired) electrons. The van der Waals surface area contributed by atoms with Gasteiger partial charge in [0.25, 0.3) is 0 Å². The van der Waals surface area contributed by atoms with Crippen LogP contribution in [0.25, 0.3) is 0 Å². The van der Waals surface area contributed by atoms with Crippen LogP contribution < -0.4 is 5.32 Å². The maximum absolute atomic E-state index is 6.25. The molecule has 2 aliphatic heterocycles. The molecule has 2 fully saturated rings. The SMILES string of the molecule is CC(C)CC1(C)CNC2COCCC2O1. The number of morpholine rings is 1. The van der Waals surface area contributed by atoms with E-state index in [9.17, 15) is 0 Å². The van der Waals surface area contributed by atoms with E-state index in [0.717, 1.165) is 32.6 Å². The van der Waals surface area contributed by atoms with E-state index < -0.39 is 0 Å². The predicted octanol–water partition coefficient (Wildman–Crippen LogP) is 1.57. The van der Waals surface area contributed by atoms with Crippen LogP contribution in [0.4, 0.5) is 0 Å². The number of hydrogen-bond acceptors (Lipinski definition) is 3. The average Bonchev–Trinajstić information content (AvgIpc) is 2.15.